The number of aliphatic imine (C=N–C) groups is 1. The van der Waals surface area contributed by atoms with Crippen LogP contribution >= 0.6 is 34.7 Å². The summed E-state index contributed by atoms with van der Waals surface area (Å²) in [5.41, 5.74) is 7.03. The minimum atomic E-state index is -0.0481. The van der Waals surface area contributed by atoms with Gasteiger partial charge in [-0.1, -0.05) is 29.4 Å². The van der Waals surface area contributed by atoms with Crippen LogP contribution in [0, 0.1) is 27.7 Å². The molecule has 3 aromatic rings. The number of amidine groups is 1. The molecule has 8 heteroatoms. The number of benzene rings is 1. The van der Waals surface area contributed by atoms with Crippen LogP contribution in [0.15, 0.2) is 45.2 Å². The Kier molecular flexibility index (Phi) is 5.92. The minimum Gasteiger partial charge on any atom is -0.272 e. The van der Waals surface area contributed by atoms with E-state index in [2.05, 4.69) is 35.6 Å². The van der Waals surface area contributed by atoms with Crippen molar-refractivity contribution in [2.45, 2.75) is 43.7 Å². The van der Waals surface area contributed by atoms with E-state index >= 15 is 0 Å². The van der Waals surface area contributed by atoms with Crippen molar-refractivity contribution in [2.24, 2.45) is 4.99 Å². The zero-order chi connectivity index (χ0) is 20.5. The van der Waals surface area contributed by atoms with E-state index in [4.69, 9.17) is 21.4 Å². The minimum absolute atomic E-state index is 0.0481. The number of nitrogens with zero attached hydrogens (tertiary/aromatic N) is 3. The molecule has 1 N–H and O–H groups in total. The molecule has 29 heavy (non-hydrogen) atoms. The molecule has 1 aromatic carbocycles. The Balaban J connectivity index is 1.76. The third-order valence-corrected chi connectivity index (χ3v) is 6.99. The lowest BCUT2D eigenvalue weighted by molar-refractivity contribution is 0.0620. The van der Waals surface area contributed by atoms with E-state index in [1.54, 1.807) is 11.3 Å². The second-order valence-corrected chi connectivity index (χ2v) is 9.88. The van der Waals surface area contributed by atoms with Crippen LogP contribution in [-0.2, 0) is 4.84 Å². The summed E-state index contributed by atoms with van der Waals surface area (Å²) in [5.74, 6) is 0.685. The predicted octanol–water partition coefficient (Wildman–Crippen LogP) is 5.60. The van der Waals surface area contributed by atoms with Crippen molar-refractivity contribution in [3.05, 3.63) is 67.5 Å². The van der Waals surface area contributed by atoms with Gasteiger partial charge in [-0.05, 0) is 63.1 Å². The van der Waals surface area contributed by atoms with Crippen LogP contribution < -0.4 is 5.48 Å². The van der Waals surface area contributed by atoms with E-state index in [-0.39, 0.29) is 6.04 Å². The molecule has 0 unspecified atom stereocenters. The molecule has 0 spiro atoms. The highest BCUT2D eigenvalue weighted by atomic mass is 35.5. The molecule has 0 bridgehead atoms. The second-order valence-electron chi connectivity index (χ2n) is 6.93. The van der Waals surface area contributed by atoms with Crippen molar-refractivity contribution < 1.29 is 4.84 Å². The fourth-order valence-electron chi connectivity index (χ4n) is 3.24. The van der Waals surface area contributed by atoms with E-state index in [9.17, 15) is 0 Å². The lowest BCUT2D eigenvalue weighted by Crippen LogP contribution is -2.34. The van der Waals surface area contributed by atoms with Gasteiger partial charge in [-0.2, -0.15) is 5.10 Å². The number of rotatable bonds is 4. The number of aryl methyl sites for hydroxylation is 3. The van der Waals surface area contributed by atoms with Gasteiger partial charge in [0.2, 0.25) is 0 Å². The predicted molar refractivity (Wildman–Crippen MR) is 119 cm³/mol. The fourth-order valence-corrected chi connectivity index (χ4v) is 5.47. The standard InChI is InChI=1S/C21H21ClN4OS2/c1-11-8-17(14(4)28-11)18-10-27-26-20(23-18)19-12(2)13(3)24-25-21(19)29-16-7-5-6-15(22)9-16/h5-9,18H,10H2,1-4H3,(H,23,26)/t18-/m0/s1. The fraction of sp³-hybridized carbons (Fsp3) is 0.286. The van der Waals surface area contributed by atoms with Crippen molar-refractivity contribution >= 4 is 40.5 Å². The van der Waals surface area contributed by atoms with Gasteiger partial charge >= 0.3 is 0 Å². The van der Waals surface area contributed by atoms with Crippen molar-refractivity contribution in [3.8, 4) is 0 Å². The highest BCUT2D eigenvalue weighted by Gasteiger charge is 2.25. The maximum Gasteiger partial charge on any atom is 0.156 e. The van der Waals surface area contributed by atoms with Crippen molar-refractivity contribution in [1.29, 1.82) is 0 Å². The first-order valence-electron chi connectivity index (χ1n) is 9.22. The highest BCUT2D eigenvalue weighted by Crippen LogP contribution is 2.34. The normalized spacial score (nSPS) is 16.4. The molecule has 2 aromatic heterocycles. The Bertz CT molecular complexity index is 1100. The Labute approximate surface area is 183 Å². The SMILES string of the molecule is Cc1cc([C@@H]2CONC(c3c(Sc4cccc(Cl)c4)nnc(C)c3C)=N2)c(C)s1. The third kappa shape index (κ3) is 4.33. The molecule has 0 amide bonds. The van der Waals surface area contributed by atoms with Crippen LogP contribution in [0.3, 0.4) is 0 Å². The Morgan fingerprint density at radius 2 is 2.00 bits per heavy atom. The molecule has 0 saturated carbocycles. The number of aromatic nitrogens is 2. The van der Waals surface area contributed by atoms with E-state index in [0.717, 1.165) is 26.7 Å². The molecular formula is C21H21ClN4OS2. The van der Waals surface area contributed by atoms with Crippen LogP contribution in [0.2, 0.25) is 5.02 Å². The van der Waals surface area contributed by atoms with Crippen molar-refractivity contribution in [1.82, 2.24) is 15.7 Å². The van der Waals surface area contributed by atoms with Crippen molar-refractivity contribution in [3.63, 3.8) is 0 Å². The summed E-state index contributed by atoms with van der Waals surface area (Å²) in [6.07, 6.45) is 0. The zero-order valence-electron chi connectivity index (χ0n) is 16.6. The monoisotopic (exact) mass is 444 g/mol. The second kappa shape index (κ2) is 8.44. The van der Waals surface area contributed by atoms with Crippen molar-refractivity contribution in [2.75, 3.05) is 6.61 Å². The summed E-state index contributed by atoms with van der Waals surface area (Å²) in [5, 5.41) is 10.2. The van der Waals surface area contributed by atoms with Crippen LogP contribution in [0.4, 0.5) is 0 Å². The molecule has 0 saturated heterocycles. The molecule has 150 valence electrons. The topological polar surface area (TPSA) is 59.4 Å². The number of halogens is 1. The van der Waals surface area contributed by atoms with Gasteiger partial charge in [0.05, 0.1) is 11.3 Å². The lowest BCUT2D eigenvalue weighted by atomic mass is 10.1. The molecule has 5 nitrogen and oxygen atoms in total. The number of nitrogens with one attached hydrogen (secondary N) is 1. The average Bonchev–Trinajstić information content (AvgIpc) is 3.03. The van der Waals surface area contributed by atoms with Crippen LogP contribution in [-0.4, -0.2) is 22.6 Å². The maximum absolute atomic E-state index is 6.16. The Hall–Kier alpha value is -1.93. The average molecular weight is 445 g/mol. The van der Waals surface area contributed by atoms with Gasteiger partial charge in [-0.3, -0.25) is 9.83 Å². The summed E-state index contributed by atoms with van der Waals surface area (Å²) in [4.78, 5) is 14.3. The molecular weight excluding hydrogens is 424 g/mol. The summed E-state index contributed by atoms with van der Waals surface area (Å²) in [7, 11) is 0. The summed E-state index contributed by atoms with van der Waals surface area (Å²) in [6.45, 7) is 8.73. The molecule has 0 radical (unpaired) electrons. The first kappa shape index (κ1) is 20.3. The van der Waals surface area contributed by atoms with Gasteiger partial charge in [-0.15, -0.1) is 16.4 Å². The largest absolute Gasteiger partial charge is 0.272 e. The summed E-state index contributed by atoms with van der Waals surface area (Å²) < 4.78 is 0. The van der Waals surface area contributed by atoms with E-state index in [1.165, 1.54) is 27.1 Å². The molecule has 1 atom stereocenters. The quantitative estimate of drug-likeness (QED) is 0.567. The lowest BCUT2D eigenvalue weighted by Gasteiger charge is -2.24. The molecule has 0 fully saturated rings. The summed E-state index contributed by atoms with van der Waals surface area (Å²) >= 11 is 9.46. The number of thiophene rings is 1. The highest BCUT2D eigenvalue weighted by molar-refractivity contribution is 7.99. The van der Waals surface area contributed by atoms with Crippen LogP contribution in [0.1, 0.15) is 38.2 Å². The van der Waals surface area contributed by atoms with Gasteiger partial charge in [0.15, 0.2) is 5.84 Å². The van der Waals surface area contributed by atoms with Crippen LogP contribution in [0.25, 0.3) is 0 Å². The smallest absolute Gasteiger partial charge is 0.156 e. The first-order valence-corrected chi connectivity index (χ1v) is 11.2. The third-order valence-electron chi connectivity index (χ3n) is 4.80. The maximum atomic E-state index is 6.16. The van der Waals surface area contributed by atoms with Gasteiger partial charge in [0.1, 0.15) is 17.7 Å². The Morgan fingerprint density at radius 3 is 2.72 bits per heavy atom. The summed E-state index contributed by atoms with van der Waals surface area (Å²) in [6, 6.07) is 9.85. The number of hydrogen-bond donors (Lipinski definition) is 1. The molecule has 1 aliphatic heterocycles. The van der Waals surface area contributed by atoms with Gasteiger partial charge < -0.3 is 0 Å². The zero-order valence-corrected chi connectivity index (χ0v) is 19.0. The van der Waals surface area contributed by atoms with E-state index in [1.807, 2.05) is 38.1 Å². The Morgan fingerprint density at radius 1 is 1.17 bits per heavy atom. The first-order chi connectivity index (χ1) is 13.9. The van der Waals surface area contributed by atoms with E-state index in [0.29, 0.717) is 17.5 Å². The van der Waals surface area contributed by atoms with Gasteiger partial charge in [-0.25, -0.2) is 5.48 Å². The number of hydroxylamine groups is 1. The molecule has 4 rings (SSSR count). The van der Waals surface area contributed by atoms with Crippen LogP contribution in [0.5, 0.6) is 0 Å². The van der Waals surface area contributed by atoms with E-state index < -0.39 is 0 Å². The number of hydrogen-bond acceptors (Lipinski definition) is 7. The molecule has 1 aliphatic rings. The van der Waals surface area contributed by atoms with Gasteiger partial charge in [0, 0.05) is 19.7 Å². The van der Waals surface area contributed by atoms with Gasteiger partial charge in [0.25, 0.3) is 0 Å². The molecule has 0 aliphatic carbocycles. The molecule has 3 heterocycles.